The maximum absolute atomic E-state index is 5.69. The molecule has 0 aliphatic carbocycles. The first-order chi connectivity index (χ1) is 10.3. The number of pyridine rings is 1. The first-order valence-electron chi connectivity index (χ1n) is 7.34. The van der Waals surface area contributed by atoms with E-state index in [0.717, 1.165) is 29.3 Å². The summed E-state index contributed by atoms with van der Waals surface area (Å²) in [6.07, 6.45) is 1.83. The minimum Gasteiger partial charge on any atom is -0.486 e. The molecule has 0 amide bonds. The van der Waals surface area contributed by atoms with E-state index >= 15 is 0 Å². The van der Waals surface area contributed by atoms with Crippen molar-refractivity contribution < 1.29 is 9.47 Å². The van der Waals surface area contributed by atoms with Gasteiger partial charge in [-0.2, -0.15) is 0 Å². The fourth-order valence-corrected chi connectivity index (χ4v) is 2.65. The first-order valence-corrected chi connectivity index (χ1v) is 7.34. The Morgan fingerprint density at radius 2 is 2.00 bits per heavy atom. The maximum Gasteiger partial charge on any atom is 0.161 e. The van der Waals surface area contributed by atoms with Gasteiger partial charge < -0.3 is 14.8 Å². The lowest BCUT2D eigenvalue weighted by Gasteiger charge is -2.23. The Balaban J connectivity index is 1.99. The Labute approximate surface area is 125 Å². The van der Waals surface area contributed by atoms with E-state index in [9.17, 15) is 0 Å². The second kappa shape index (κ2) is 6.14. The molecule has 2 aromatic rings. The summed E-state index contributed by atoms with van der Waals surface area (Å²) in [5.41, 5.74) is 3.39. The molecule has 110 valence electrons. The number of hydrogen-bond donors (Lipinski definition) is 1. The second-order valence-corrected chi connectivity index (χ2v) is 5.07. The van der Waals surface area contributed by atoms with Crippen molar-refractivity contribution in [2.75, 3.05) is 19.8 Å². The van der Waals surface area contributed by atoms with Crippen LogP contribution in [0.2, 0.25) is 0 Å². The van der Waals surface area contributed by atoms with Gasteiger partial charge in [-0.25, -0.2) is 0 Å². The van der Waals surface area contributed by atoms with E-state index in [-0.39, 0.29) is 6.04 Å². The van der Waals surface area contributed by atoms with Crippen LogP contribution in [-0.4, -0.2) is 24.7 Å². The Kier molecular flexibility index (Phi) is 4.06. The lowest BCUT2D eigenvalue weighted by molar-refractivity contribution is 0.171. The largest absolute Gasteiger partial charge is 0.486 e. The molecule has 1 N–H and O–H groups in total. The quantitative estimate of drug-likeness (QED) is 0.937. The van der Waals surface area contributed by atoms with Gasteiger partial charge >= 0.3 is 0 Å². The van der Waals surface area contributed by atoms with Gasteiger partial charge in [0, 0.05) is 11.9 Å². The number of hydrogen-bond acceptors (Lipinski definition) is 4. The van der Waals surface area contributed by atoms with Gasteiger partial charge in [-0.15, -0.1) is 0 Å². The van der Waals surface area contributed by atoms with Crippen molar-refractivity contribution in [1.29, 1.82) is 0 Å². The molecule has 1 aliphatic rings. The molecule has 0 fully saturated rings. The highest BCUT2D eigenvalue weighted by Crippen LogP contribution is 2.34. The van der Waals surface area contributed by atoms with Crippen LogP contribution in [0.4, 0.5) is 0 Å². The summed E-state index contributed by atoms with van der Waals surface area (Å²) in [6, 6.07) is 10.3. The van der Waals surface area contributed by atoms with Gasteiger partial charge in [0.25, 0.3) is 0 Å². The monoisotopic (exact) mass is 284 g/mol. The molecule has 3 rings (SSSR count). The lowest BCUT2D eigenvalue weighted by atomic mass is 9.97. The van der Waals surface area contributed by atoms with Crippen molar-refractivity contribution in [1.82, 2.24) is 10.3 Å². The van der Waals surface area contributed by atoms with Crippen LogP contribution in [0.25, 0.3) is 0 Å². The Hall–Kier alpha value is -2.07. The number of ether oxygens (including phenoxy) is 2. The van der Waals surface area contributed by atoms with E-state index in [1.165, 1.54) is 5.56 Å². The second-order valence-electron chi connectivity index (χ2n) is 5.07. The third kappa shape index (κ3) is 2.85. The van der Waals surface area contributed by atoms with Gasteiger partial charge in [0.15, 0.2) is 11.5 Å². The number of rotatable bonds is 4. The fourth-order valence-electron chi connectivity index (χ4n) is 2.65. The molecule has 0 spiro atoms. The van der Waals surface area contributed by atoms with Crippen LogP contribution >= 0.6 is 0 Å². The van der Waals surface area contributed by atoms with Crippen LogP contribution < -0.4 is 14.8 Å². The van der Waals surface area contributed by atoms with Crippen molar-refractivity contribution in [3.05, 3.63) is 53.3 Å². The summed E-state index contributed by atoms with van der Waals surface area (Å²) in [5, 5.41) is 3.53. The van der Waals surface area contributed by atoms with Gasteiger partial charge in [0.1, 0.15) is 13.2 Å². The standard InChI is InChI=1S/C17H20N2O2/c1-3-18-17(14-5-4-8-19-12(14)2)13-6-7-15-16(11-13)21-10-9-20-15/h4-8,11,17-18H,3,9-10H2,1-2H3. The Morgan fingerprint density at radius 3 is 2.76 bits per heavy atom. The highest BCUT2D eigenvalue weighted by atomic mass is 16.6. The molecular weight excluding hydrogens is 264 g/mol. The zero-order chi connectivity index (χ0) is 14.7. The number of fused-ring (bicyclic) bond motifs is 1. The summed E-state index contributed by atoms with van der Waals surface area (Å²) in [5.74, 6) is 1.64. The highest BCUT2D eigenvalue weighted by Gasteiger charge is 2.19. The van der Waals surface area contributed by atoms with Crippen LogP contribution in [0.15, 0.2) is 36.5 Å². The summed E-state index contributed by atoms with van der Waals surface area (Å²) in [6.45, 7) is 6.25. The molecule has 0 bridgehead atoms. The van der Waals surface area contributed by atoms with Crippen LogP contribution in [0.3, 0.4) is 0 Å². The van der Waals surface area contributed by atoms with E-state index < -0.39 is 0 Å². The number of aromatic nitrogens is 1. The molecule has 2 heterocycles. The molecule has 0 saturated heterocycles. The molecule has 21 heavy (non-hydrogen) atoms. The van der Waals surface area contributed by atoms with Gasteiger partial charge in [0.05, 0.1) is 6.04 Å². The zero-order valence-electron chi connectivity index (χ0n) is 12.4. The topological polar surface area (TPSA) is 43.4 Å². The molecule has 4 nitrogen and oxygen atoms in total. The Morgan fingerprint density at radius 1 is 1.19 bits per heavy atom. The van der Waals surface area contributed by atoms with Gasteiger partial charge in [-0.3, -0.25) is 4.98 Å². The smallest absolute Gasteiger partial charge is 0.161 e. The van der Waals surface area contributed by atoms with Crippen LogP contribution in [0, 0.1) is 6.92 Å². The average molecular weight is 284 g/mol. The van der Waals surface area contributed by atoms with Gasteiger partial charge in [-0.1, -0.05) is 19.1 Å². The normalized spacial score (nSPS) is 14.8. The number of nitrogens with zero attached hydrogens (tertiary/aromatic N) is 1. The van der Waals surface area contributed by atoms with Crippen molar-refractivity contribution in [3.63, 3.8) is 0 Å². The third-order valence-electron chi connectivity index (χ3n) is 3.67. The molecule has 1 aromatic carbocycles. The van der Waals surface area contributed by atoms with Crippen LogP contribution in [0.1, 0.15) is 29.8 Å². The summed E-state index contributed by atoms with van der Waals surface area (Å²) < 4.78 is 11.3. The number of nitrogens with one attached hydrogen (secondary N) is 1. The molecule has 1 unspecified atom stereocenters. The molecule has 1 aliphatic heterocycles. The molecule has 1 atom stereocenters. The summed E-state index contributed by atoms with van der Waals surface area (Å²) >= 11 is 0. The summed E-state index contributed by atoms with van der Waals surface area (Å²) in [4.78, 5) is 4.40. The van der Waals surface area contributed by atoms with Crippen molar-refractivity contribution in [2.24, 2.45) is 0 Å². The van der Waals surface area contributed by atoms with Crippen molar-refractivity contribution in [3.8, 4) is 11.5 Å². The summed E-state index contributed by atoms with van der Waals surface area (Å²) in [7, 11) is 0. The molecule has 0 radical (unpaired) electrons. The average Bonchev–Trinajstić information content (AvgIpc) is 2.53. The SMILES string of the molecule is CCNC(c1ccc2c(c1)OCCO2)c1cccnc1C. The molecular formula is C17H20N2O2. The minimum absolute atomic E-state index is 0.111. The van der Waals surface area contributed by atoms with E-state index in [0.29, 0.717) is 13.2 Å². The van der Waals surface area contributed by atoms with Crippen molar-refractivity contribution >= 4 is 0 Å². The van der Waals surface area contributed by atoms with E-state index in [1.54, 1.807) is 0 Å². The van der Waals surface area contributed by atoms with Gasteiger partial charge in [0.2, 0.25) is 0 Å². The first kappa shape index (κ1) is 13.9. The Bertz CT molecular complexity index is 628. The number of benzene rings is 1. The molecule has 0 saturated carbocycles. The van der Waals surface area contributed by atoms with Crippen LogP contribution in [-0.2, 0) is 0 Å². The zero-order valence-corrected chi connectivity index (χ0v) is 12.4. The van der Waals surface area contributed by atoms with Gasteiger partial charge in [-0.05, 0) is 42.8 Å². The molecule has 1 aromatic heterocycles. The predicted molar refractivity (Wildman–Crippen MR) is 81.9 cm³/mol. The van der Waals surface area contributed by atoms with Crippen molar-refractivity contribution in [2.45, 2.75) is 19.9 Å². The predicted octanol–water partition coefficient (Wildman–Crippen LogP) is 2.86. The fraction of sp³-hybridized carbons (Fsp3) is 0.353. The highest BCUT2D eigenvalue weighted by molar-refractivity contribution is 5.47. The van der Waals surface area contributed by atoms with E-state index in [1.807, 2.05) is 25.3 Å². The van der Waals surface area contributed by atoms with Crippen LogP contribution in [0.5, 0.6) is 11.5 Å². The maximum atomic E-state index is 5.69. The lowest BCUT2D eigenvalue weighted by Crippen LogP contribution is -2.23. The van der Waals surface area contributed by atoms with E-state index in [2.05, 4.69) is 35.4 Å². The minimum atomic E-state index is 0.111. The number of aryl methyl sites for hydroxylation is 1. The third-order valence-corrected chi connectivity index (χ3v) is 3.67. The molecule has 4 heteroatoms. The van der Waals surface area contributed by atoms with E-state index in [4.69, 9.17) is 9.47 Å².